The van der Waals surface area contributed by atoms with Crippen LogP contribution in [0.4, 0.5) is 5.69 Å². The lowest BCUT2D eigenvalue weighted by Crippen LogP contribution is -2.52. The van der Waals surface area contributed by atoms with Crippen molar-refractivity contribution in [3.63, 3.8) is 0 Å². The van der Waals surface area contributed by atoms with E-state index in [4.69, 9.17) is 4.74 Å². The summed E-state index contributed by atoms with van der Waals surface area (Å²) in [4.78, 5) is 28.4. The van der Waals surface area contributed by atoms with Gasteiger partial charge in [-0.05, 0) is 68.1 Å². The highest BCUT2D eigenvalue weighted by Gasteiger charge is 2.32. The number of hydrogen-bond acceptors (Lipinski definition) is 5. The average Bonchev–Trinajstić information content (AvgIpc) is 2.96. The highest BCUT2D eigenvalue weighted by molar-refractivity contribution is 7.92. The van der Waals surface area contributed by atoms with Crippen molar-refractivity contribution in [1.29, 1.82) is 0 Å². The fraction of sp³-hybridized carbons (Fsp3) is 0.355. The van der Waals surface area contributed by atoms with Gasteiger partial charge in [0.2, 0.25) is 11.8 Å². The first kappa shape index (κ1) is 30.7. The van der Waals surface area contributed by atoms with Crippen molar-refractivity contribution in [1.82, 2.24) is 10.2 Å². The molecule has 0 aliphatic carbocycles. The summed E-state index contributed by atoms with van der Waals surface area (Å²) < 4.78 is 34.3. The third kappa shape index (κ3) is 8.32. The maximum absolute atomic E-state index is 13.9. The third-order valence-corrected chi connectivity index (χ3v) is 8.17. The smallest absolute Gasteiger partial charge is 0.264 e. The molecule has 0 saturated carbocycles. The normalized spacial score (nSPS) is 12.0. The molecule has 0 aliphatic rings. The van der Waals surface area contributed by atoms with Crippen molar-refractivity contribution in [2.75, 3.05) is 30.5 Å². The van der Waals surface area contributed by atoms with Crippen LogP contribution in [-0.4, -0.2) is 57.4 Å². The molecule has 40 heavy (non-hydrogen) atoms. The number of nitrogens with zero attached hydrogens (tertiary/aromatic N) is 2. The Bertz CT molecular complexity index is 1330. The second-order valence-electron chi connectivity index (χ2n) is 9.89. The van der Waals surface area contributed by atoms with Crippen LogP contribution in [0.5, 0.6) is 5.75 Å². The fourth-order valence-corrected chi connectivity index (χ4v) is 5.56. The summed E-state index contributed by atoms with van der Waals surface area (Å²) in [6.45, 7) is 8.23. The van der Waals surface area contributed by atoms with Crippen LogP contribution in [0.1, 0.15) is 33.3 Å². The Kier molecular flexibility index (Phi) is 11.1. The number of benzene rings is 3. The van der Waals surface area contributed by atoms with E-state index in [0.717, 1.165) is 9.87 Å². The Hall–Kier alpha value is -3.85. The number of sulfonamides is 1. The number of carbonyl (C=O) groups is 2. The Balaban J connectivity index is 1.93. The number of hydrogen-bond donors (Lipinski definition) is 1. The van der Waals surface area contributed by atoms with Crippen molar-refractivity contribution in [2.45, 2.75) is 45.1 Å². The van der Waals surface area contributed by atoms with Crippen molar-refractivity contribution in [2.24, 2.45) is 5.92 Å². The molecule has 1 N–H and O–H groups in total. The summed E-state index contributed by atoms with van der Waals surface area (Å²) in [5, 5.41) is 2.90. The number of carbonyl (C=O) groups excluding carboxylic acids is 2. The summed E-state index contributed by atoms with van der Waals surface area (Å²) in [6, 6.07) is 23.5. The standard InChI is InChI=1S/C31H39N3O5S/c1-5-39-28-16-18-29(19-17-28)40(37,38)34(27-14-10-7-11-15-27)23-30(35)33(21-20-26-12-8-6-9-13-26)25(4)31(36)32-22-24(2)3/h6-19,24-25H,5,20-23H2,1-4H3,(H,32,36). The van der Waals surface area contributed by atoms with E-state index in [2.05, 4.69) is 5.32 Å². The summed E-state index contributed by atoms with van der Waals surface area (Å²) >= 11 is 0. The van der Waals surface area contributed by atoms with E-state index in [1.807, 2.05) is 51.1 Å². The number of anilines is 1. The molecule has 8 nitrogen and oxygen atoms in total. The minimum Gasteiger partial charge on any atom is -0.494 e. The highest BCUT2D eigenvalue weighted by Crippen LogP contribution is 2.25. The number of nitrogens with one attached hydrogen (secondary N) is 1. The maximum atomic E-state index is 13.9. The molecule has 0 aliphatic heterocycles. The molecule has 0 bridgehead atoms. The van der Waals surface area contributed by atoms with Gasteiger partial charge in [-0.1, -0.05) is 62.4 Å². The molecule has 0 fully saturated rings. The molecule has 3 aromatic rings. The molecule has 9 heteroatoms. The molecule has 3 aromatic carbocycles. The fourth-order valence-electron chi connectivity index (χ4n) is 4.15. The van der Waals surface area contributed by atoms with E-state index in [9.17, 15) is 18.0 Å². The van der Waals surface area contributed by atoms with E-state index in [0.29, 0.717) is 31.0 Å². The molecule has 3 rings (SSSR count). The molecule has 214 valence electrons. The van der Waals surface area contributed by atoms with Crippen LogP contribution in [0.2, 0.25) is 0 Å². The van der Waals surface area contributed by atoms with Gasteiger partial charge in [-0.3, -0.25) is 13.9 Å². The predicted molar refractivity (Wildman–Crippen MR) is 158 cm³/mol. The zero-order valence-electron chi connectivity index (χ0n) is 23.6. The van der Waals surface area contributed by atoms with Gasteiger partial charge >= 0.3 is 0 Å². The zero-order valence-corrected chi connectivity index (χ0v) is 24.4. The third-order valence-electron chi connectivity index (χ3n) is 6.38. The van der Waals surface area contributed by atoms with Gasteiger partial charge in [-0.2, -0.15) is 0 Å². The molecule has 1 atom stereocenters. The molecule has 2 amide bonds. The van der Waals surface area contributed by atoms with E-state index in [1.54, 1.807) is 49.4 Å². The lowest BCUT2D eigenvalue weighted by atomic mass is 10.1. The van der Waals surface area contributed by atoms with Crippen LogP contribution in [0.15, 0.2) is 89.8 Å². The van der Waals surface area contributed by atoms with E-state index in [-0.39, 0.29) is 23.3 Å². The summed E-state index contributed by atoms with van der Waals surface area (Å²) in [5.41, 5.74) is 1.36. The van der Waals surface area contributed by atoms with E-state index >= 15 is 0 Å². The number of amides is 2. The van der Waals surface area contributed by atoms with Crippen LogP contribution in [0.25, 0.3) is 0 Å². The first-order chi connectivity index (χ1) is 19.1. The van der Waals surface area contributed by atoms with Crippen LogP contribution in [0, 0.1) is 5.92 Å². The number of para-hydroxylation sites is 1. The van der Waals surface area contributed by atoms with Gasteiger partial charge in [0.05, 0.1) is 17.2 Å². The highest BCUT2D eigenvalue weighted by atomic mass is 32.2. The van der Waals surface area contributed by atoms with Gasteiger partial charge in [-0.25, -0.2) is 8.42 Å². The van der Waals surface area contributed by atoms with Gasteiger partial charge in [-0.15, -0.1) is 0 Å². The zero-order chi connectivity index (χ0) is 29.1. The Morgan fingerprint density at radius 3 is 2.05 bits per heavy atom. The minimum atomic E-state index is -4.12. The summed E-state index contributed by atoms with van der Waals surface area (Å²) in [5.74, 6) is 0.0480. The molecule has 0 heterocycles. The SMILES string of the molecule is CCOc1ccc(S(=O)(=O)N(CC(=O)N(CCc2ccccc2)C(C)C(=O)NCC(C)C)c2ccccc2)cc1. The lowest BCUT2D eigenvalue weighted by molar-refractivity contribution is -0.138. The topological polar surface area (TPSA) is 96.0 Å². The quantitative estimate of drug-likeness (QED) is 0.310. The first-order valence-corrected chi connectivity index (χ1v) is 15.0. The van der Waals surface area contributed by atoms with Gasteiger partial charge < -0.3 is 15.0 Å². The van der Waals surface area contributed by atoms with Crippen LogP contribution in [0.3, 0.4) is 0 Å². The summed E-state index contributed by atoms with van der Waals surface area (Å²) in [7, 11) is -4.12. The van der Waals surface area contributed by atoms with Gasteiger partial charge in [0.25, 0.3) is 10.0 Å². The minimum absolute atomic E-state index is 0.0335. The van der Waals surface area contributed by atoms with Gasteiger partial charge in [0.15, 0.2) is 0 Å². The Morgan fingerprint density at radius 1 is 0.875 bits per heavy atom. The van der Waals surface area contributed by atoms with Crippen LogP contribution >= 0.6 is 0 Å². The molecule has 0 spiro atoms. The molecule has 0 aromatic heterocycles. The van der Waals surface area contributed by atoms with Gasteiger partial charge in [0, 0.05) is 13.1 Å². The second-order valence-corrected chi connectivity index (χ2v) is 11.8. The number of ether oxygens (including phenoxy) is 1. The van der Waals surface area contributed by atoms with Crippen molar-refractivity contribution in [3.8, 4) is 5.75 Å². The Labute approximate surface area is 238 Å². The monoisotopic (exact) mass is 565 g/mol. The maximum Gasteiger partial charge on any atom is 0.264 e. The molecule has 0 radical (unpaired) electrons. The van der Waals surface area contributed by atoms with Gasteiger partial charge in [0.1, 0.15) is 18.3 Å². The molecule has 1 unspecified atom stereocenters. The van der Waals surface area contributed by atoms with Crippen molar-refractivity contribution in [3.05, 3.63) is 90.5 Å². The van der Waals surface area contributed by atoms with Crippen LogP contribution in [-0.2, 0) is 26.0 Å². The van der Waals surface area contributed by atoms with Crippen LogP contribution < -0.4 is 14.4 Å². The van der Waals surface area contributed by atoms with Crippen molar-refractivity contribution < 1.29 is 22.7 Å². The molecular weight excluding hydrogens is 526 g/mol. The largest absolute Gasteiger partial charge is 0.494 e. The van der Waals surface area contributed by atoms with E-state index in [1.165, 1.54) is 17.0 Å². The van der Waals surface area contributed by atoms with E-state index < -0.39 is 28.5 Å². The summed E-state index contributed by atoms with van der Waals surface area (Å²) in [6.07, 6.45) is 0.519. The Morgan fingerprint density at radius 2 is 1.48 bits per heavy atom. The molecular formula is C31H39N3O5S. The number of rotatable bonds is 14. The predicted octanol–water partition coefficient (Wildman–Crippen LogP) is 4.51. The lowest BCUT2D eigenvalue weighted by Gasteiger charge is -2.32. The second kappa shape index (κ2) is 14.5. The van der Waals surface area contributed by atoms with Crippen molar-refractivity contribution >= 4 is 27.5 Å². The average molecular weight is 566 g/mol. The first-order valence-electron chi connectivity index (χ1n) is 13.5. The molecule has 0 saturated heterocycles.